The summed E-state index contributed by atoms with van der Waals surface area (Å²) in [4.78, 5) is 12.7. The zero-order valence-electron chi connectivity index (χ0n) is 18.3. The molecular formula is C24H28O6S. The van der Waals surface area contributed by atoms with Crippen molar-refractivity contribution in [1.82, 2.24) is 0 Å². The Morgan fingerprint density at radius 1 is 0.839 bits per heavy atom. The van der Waals surface area contributed by atoms with E-state index in [1.54, 1.807) is 82.7 Å². The number of aliphatic hydroxyl groups is 2. The molecule has 0 aromatic heterocycles. The number of ether oxygens (including phenoxy) is 3. The van der Waals surface area contributed by atoms with E-state index in [2.05, 4.69) is 0 Å². The average Bonchev–Trinajstić information content (AvgIpc) is 3.26. The largest absolute Gasteiger partial charge is 0.497 e. The van der Waals surface area contributed by atoms with Crippen molar-refractivity contribution < 1.29 is 29.2 Å². The van der Waals surface area contributed by atoms with Gasteiger partial charge in [0.25, 0.3) is 0 Å². The van der Waals surface area contributed by atoms with Crippen LogP contribution in [0, 0.1) is 5.92 Å². The fraction of sp³-hybridized carbons (Fsp3) is 0.375. The van der Waals surface area contributed by atoms with Gasteiger partial charge >= 0.3 is 5.97 Å². The first kappa shape index (κ1) is 23.2. The molecule has 0 radical (unpaired) electrons. The zero-order valence-corrected chi connectivity index (χ0v) is 19.1. The van der Waals surface area contributed by atoms with Crippen LogP contribution in [0.4, 0.5) is 0 Å². The molecule has 3 rings (SSSR count). The number of esters is 1. The van der Waals surface area contributed by atoms with Crippen molar-refractivity contribution in [2.24, 2.45) is 5.92 Å². The van der Waals surface area contributed by atoms with Gasteiger partial charge in [-0.15, -0.1) is 11.8 Å². The van der Waals surface area contributed by atoms with Crippen molar-refractivity contribution in [3.63, 3.8) is 0 Å². The Hall–Kier alpha value is -2.48. The number of hydrogen-bond donors (Lipinski definition) is 2. The van der Waals surface area contributed by atoms with E-state index in [0.29, 0.717) is 27.5 Å². The van der Waals surface area contributed by atoms with Crippen molar-refractivity contribution >= 4 is 17.7 Å². The van der Waals surface area contributed by atoms with E-state index in [9.17, 15) is 15.0 Å². The molecule has 31 heavy (non-hydrogen) atoms. The van der Waals surface area contributed by atoms with Crippen LogP contribution >= 0.6 is 11.8 Å². The third kappa shape index (κ3) is 4.44. The van der Waals surface area contributed by atoms with Crippen molar-refractivity contribution in [3.8, 4) is 11.5 Å². The normalized spacial score (nSPS) is 22.1. The maximum absolute atomic E-state index is 12.3. The van der Waals surface area contributed by atoms with Gasteiger partial charge in [-0.3, -0.25) is 0 Å². The van der Waals surface area contributed by atoms with E-state index in [0.717, 1.165) is 0 Å². The summed E-state index contributed by atoms with van der Waals surface area (Å²) < 4.78 is 15.3. The molecule has 0 fully saturated rings. The number of benzene rings is 2. The maximum Gasteiger partial charge on any atom is 0.344 e. The summed E-state index contributed by atoms with van der Waals surface area (Å²) in [5.41, 5.74) is -1.42. The fourth-order valence-electron chi connectivity index (χ4n) is 3.85. The van der Waals surface area contributed by atoms with Crippen LogP contribution in [0.1, 0.15) is 25.0 Å². The molecule has 0 bridgehead atoms. The third-order valence-corrected chi connectivity index (χ3v) is 7.41. The van der Waals surface area contributed by atoms with Crippen molar-refractivity contribution in [2.45, 2.75) is 30.3 Å². The van der Waals surface area contributed by atoms with Gasteiger partial charge in [-0.05, 0) is 49.2 Å². The first-order valence-electron chi connectivity index (χ1n) is 9.85. The molecule has 2 aromatic carbocycles. The lowest BCUT2D eigenvalue weighted by molar-refractivity contribution is -0.135. The summed E-state index contributed by atoms with van der Waals surface area (Å²) in [5, 5.41) is 22.7. The minimum atomic E-state index is -1.36. The number of hydrogen-bond acceptors (Lipinski definition) is 7. The monoisotopic (exact) mass is 444 g/mol. The fourth-order valence-corrected chi connectivity index (χ4v) is 5.39. The van der Waals surface area contributed by atoms with E-state index in [1.807, 2.05) is 0 Å². The molecule has 0 saturated heterocycles. The highest BCUT2D eigenvalue weighted by atomic mass is 32.2. The van der Waals surface area contributed by atoms with Gasteiger partial charge in [-0.25, -0.2) is 4.79 Å². The molecule has 4 atom stereocenters. The van der Waals surface area contributed by atoms with Crippen LogP contribution in [0.5, 0.6) is 11.5 Å². The SMILES string of the molecule is COC(=O)C1=C[C@@H]([C@](C)(O)c2ccc(OC)cc2)[C@H]([C@@](C)(O)c2ccc(OC)cc2)S1. The number of carbonyl (C=O) groups excluding carboxylic acids is 1. The summed E-state index contributed by atoms with van der Waals surface area (Å²) in [6.45, 7) is 3.38. The van der Waals surface area contributed by atoms with Crippen molar-refractivity contribution in [2.75, 3.05) is 21.3 Å². The summed E-state index contributed by atoms with van der Waals surface area (Å²) in [6.07, 6.45) is 1.70. The Morgan fingerprint density at radius 3 is 1.71 bits per heavy atom. The molecule has 2 aromatic rings. The molecule has 7 heteroatoms. The highest BCUT2D eigenvalue weighted by Gasteiger charge is 2.51. The van der Waals surface area contributed by atoms with E-state index >= 15 is 0 Å². The molecule has 1 aliphatic heterocycles. The van der Waals surface area contributed by atoms with Crippen molar-refractivity contribution in [1.29, 1.82) is 0 Å². The third-order valence-electron chi connectivity index (χ3n) is 5.85. The summed E-state index contributed by atoms with van der Waals surface area (Å²) in [7, 11) is 4.47. The predicted molar refractivity (Wildman–Crippen MR) is 120 cm³/mol. The lowest BCUT2D eigenvalue weighted by Crippen LogP contribution is -2.45. The van der Waals surface area contributed by atoms with E-state index in [1.165, 1.54) is 18.9 Å². The number of thioether (sulfide) groups is 1. The molecule has 0 saturated carbocycles. The Bertz CT molecular complexity index is 947. The van der Waals surface area contributed by atoms with Gasteiger partial charge in [0.15, 0.2) is 0 Å². The highest BCUT2D eigenvalue weighted by molar-refractivity contribution is 8.04. The summed E-state index contributed by atoms with van der Waals surface area (Å²) >= 11 is 1.21. The minimum Gasteiger partial charge on any atom is -0.497 e. The molecule has 1 heterocycles. The van der Waals surface area contributed by atoms with Crippen LogP contribution in [0.3, 0.4) is 0 Å². The Kier molecular flexibility index (Phi) is 6.69. The first-order valence-corrected chi connectivity index (χ1v) is 10.7. The standard InChI is InChI=1S/C24H28O6S/c1-23(26,15-6-10-17(28-3)11-7-15)19-14-20(22(25)30-5)31-21(19)24(2,27)16-8-12-18(29-4)13-9-16/h6-14,19,21,26-27H,1-5H3/t19-,21-,23-,24+/m1/s1. The Balaban J connectivity index is 2.03. The molecule has 0 amide bonds. The first-order chi connectivity index (χ1) is 14.6. The van der Waals surface area contributed by atoms with Crippen LogP contribution in [0.2, 0.25) is 0 Å². The smallest absolute Gasteiger partial charge is 0.344 e. The van der Waals surface area contributed by atoms with Crippen LogP contribution in [0.15, 0.2) is 59.5 Å². The molecule has 0 spiro atoms. The topological polar surface area (TPSA) is 85.2 Å². The van der Waals surface area contributed by atoms with Crippen LogP contribution in [-0.4, -0.2) is 42.8 Å². The molecule has 6 nitrogen and oxygen atoms in total. The van der Waals surface area contributed by atoms with Gasteiger partial charge in [0.2, 0.25) is 0 Å². The van der Waals surface area contributed by atoms with Gasteiger partial charge < -0.3 is 24.4 Å². The zero-order chi connectivity index (χ0) is 22.8. The highest BCUT2D eigenvalue weighted by Crippen LogP contribution is 2.52. The second kappa shape index (κ2) is 8.94. The summed E-state index contributed by atoms with van der Waals surface area (Å²) in [5.74, 6) is 0.285. The Morgan fingerprint density at radius 2 is 1.29 bits per heavy atom. The van der Waals surface area contributed by atoms with E-state index < -0.39 is 28.3 Å². The van der Waals surface area contributed by atoms with E-state index in [-0.39, 0.29) is 0 Å². The number of methoxy groups -OCH3 is 3. The average molecular weight is 445 g/mol. The minimum absolute atomic E-state index is 0.361. The predicted octanol–water partition coefficient (Wildman–Crippen LogP) is 3.61. The van der Waals surface area contributed by atoms with Crippen LogP contribution in [-0.2, 0) is 20.7 Å². The lowest BCUT2D eigenvalue weighted by Gasteiger charge is -2.40. The maximum atomic E-state index is 12.3. The quantitative estimate of drug-likeness (QED) is 0.631. The second-order valence-electron chi connectivity index (χ2n) is 7.84. The number of rotatable bonds is 7. The Labute approximate surface area is 186 Å². The van der Waals surface area contributed by atoms with Gasteiger partial charge in [0, 0.05) is 5.92 Å². The molecule has 1 aliphatic rings. The number of carbonyl (C=O) groups is 1. The summed E-state index contributed by atoms with van der Waals surface area (Å²) in [6, 6.07) is 14.2. The molecule has 0 unspecified atom stereocenters. The van der Waals surface area contributed by atoms with Gasteiger partial charge in [-0.2, -0.15) is 0 Å². The van der Waals surface area contributed by atoms with Crippen molar-refractivity contribution in [3.05, 3.63) is 70.6 Å². The lowest BCUT2D eigenvalue weighted by atomic mass is 9.74. The van der Waals surface area contributed by atoms with E-state index in [4.69, 9.17) is 14.2 Å². The van der Waals surface area contributed by atoms with Crippen LogP contribution < -0.4 is 9.47 Å². The van der Waals surface area contributed by atoms with Gasteiger partial charge in [0.1, 0.15) is 11.5 Å². The molecular weight excluding hydrogens is 416 g/mol. The van der Waals surface area contributed by atoms with Gasteiger partial charge in [-0.1, -0.05) is 30.3 Å². The van der Waals surface area contributed by atoms with Crippen LogP contribution in [0.25, 0.3) is 0 Å². The van der Waals surface area contributed by atoms with Gasteiger partial charge in [0.05, 0.1) is 42.7 Å². The molecule has 166 valence electrons. The molecule has 2 N–H and O–H groups in total. The second-order valence-corrected chi connectivity index (χ2v) is 9.02. The molecule has 0 aliphatic carbocycles.